The molecule has 0 saturated carbocycles. The summed E-state index contributed by atoms with van der Waals surface area (Å²) in [6, 6.07) is 3.00. The number of aliphatic hydroxyl groups excluding tert-OH is 1. The second-order valence-electron chi connectivity index (χ2n) is 5.01. The second kappa shape index (κ2) is 6.64. The van der Waals surface area contributed by atoms with Crippen LogP contribution < -0.4 is 0 Å². The largest absolute Gasteiger partial charge is 0.382 e. The van der Waals surface area contributed by atoms with Gasteiger partial charge in [0.1, 0.15) is 17.7 Å². The summed E-state index contributed by atoms with van der Waals surface area (Å²) in [7, 11) is 3.85. The monoisotopic (exact) mass is 359 g/mol. The van der Waals surface area contributed by atoms with Crippen molar-refractivity contribution in [2.24, 2.45) is 0 Å². The van der Waals surface area contributed by atoms with Crippen LogP contribution in [0.15, 0.2) is 28.9 Å². The van der Waals surface area contributed by atoms with Gasteiger partial charge in [-0.1, -0.05) is 0 Å². The summed E-state index contributed by atoms with van der Waals surface area (Å²) in [6.45, 7) is 1.29. The predicted molar refractivity (Wildman–Crippen MR) is 78.9 cm³/mol. The van der Waals surface area contributed by atoms with Crippen molar-refractivity contribution in [2.45, 2.75) is 12.6 Å². The minimum Gasteiger partial charge on any atom is -0.382 e. The summed E-state index contributed by atoms with van der Waals surface area (Å²) < 4.78 is 28.8. The molecule has 7 heteroatoms. The first-order valence-corrected chi connectivity index (χ1v) is 7.17. The summed E-state index contributed by atoms with van der Waals surface area (Å²) in [5, 5.41) is 14.6. The third-order valence-electron chi connectivity index (χ3n) is 3.05. The van der Waals surface area contributed by atoms with Crippen LogP contribution in [-0.4, -0.2) is 40.4 Å². The van der Waals surface area contributed by atoms with Gasteiger partial charge >= 0.3 is 0 Å². The minimum absolute atomic E-state index is 0.153. The molecule has 1 atom stereocenters. The third-order valence-corrected chi connectivity index (χ3v) is 3.66. The topological polar surface area (TPSA) is 41.3 Å². The average Bonchev–Trinajstić information content (AvgIpc) is 2.75. The maximum atomic E-state index is 13.3. The lowest BCUT2D eigenvalue weighted by molar-refractivity contribution is 0.204. The standard InChI is InChI=1S/C14H16BrF2N3O/c1-19(2)3-4-20-13(12(15)8-18-20)14(21)9-5-10(16)7-11(17)6-9/h5-8,14,21H,3-4H2,1-2H3. The Morgan fingerprint density at radius 2 is 1.90 bits per heavy atom. The molecule has 0 spiro atoms. The molecule has 1 aromatic heterocycles. The summed E-state index contributed by atoms with van der Waals surface area (Å²) in [5.41, 5.74) is 0.627. The summed E-state index contributed by atoms with van der Waals surface area (Å²) >= 11 is 3.31. The highest BCUT2D eigenvalue weighted by Gasteiger charge is 2.21. The fraction of sp³-hybridized carbons (Fsp3) is 0.357. The van der Waals surface area contributed by atoms with Gasteiger partial charge < -0.3 is 10.0 Å². The van der Waals surface area contributed by atoms with Crippen molar-refractivity contribution in [3.63, 3.8) is 0 Å². The van der Waals surface area contributed by atoms with Crippen LogP contribution in [0.2, 0.25) is 0 Å². The first kappa shape index (κ1) is 16.1. The van der Waals surface area contributed by atoms with Crippen molar-refractivity contribution in [2.75, 3.05) is 20.6 Å². The molecule has 4 nitrogen and oxygen atoms in total. The molecule has 0 aliphatic heterocycles. The van der Waals surface area contributed by atoms with E-state index in [1.54, 1.807) is 10.9 Å². The third kappa shape index (κ3) is 3.87. The van der Waals surface area contributed by atoms with Crippen LogP contribution >= 0.6 is 15.9 Å². The Morgan fingerprint density at radius 1 is 1.29 bits per heavy atom. The highest BCUT2D eigenvalue weighted by Crippen LogP contribution is 2.29. The molecule has 21 heavy (non-hydrogen) atoms. The molecule has 0 aliphatic rings. The van der Waals surface area contributed by atoms with Gasteiger partial charge in [-0.05, 0) is 47.7 Å². The van der Waals surface area contributed by atoms with Crippen molar-refractivity contribution in [1.29, 1.82) is 0 Å². The van der Waals surface area contributed by atoms with Crippen molar-refractivity contribution < 1.29 is 13.9 Å². The molecular weight excluding hydrogens is 344 g/mol. The Bertz CT molecular complexity index is 610. The number of aromatic nitrogens is 2. The number of aliphatic hydroxyl groups is 1. The molecule has 1 N–H and O–H groups in total. The van der Waals surface area contributed by atoms with E-state index < -0.39 is 17.7 Å². The van der Waals surface area contributed by atoms with E-state index in [4.69, 9.17) is 0 Å². The number of likely N-dealkylation sites (N-methyl/N-ethyl adjacent to an activating group) is 1. The Kier molecular flexibility index (Phi) is 5.08. The molecule has 0 radical (unpaired) electrons. The van der Waals surface area contributed by atoms with E-state index in [-0.39, 0.29) is 5.56 Å². The van der Waals surface area contributed by atoms with Gasteiger partial charge in [-0.2, -0.15) is 5.10 Å². The van der Waals surface area contributed by atoms with Crippen LogP contribution in [0, 0.1) is 11.6 Å². The lowest BCUT2D eigenvalue weighted by Gasteiger charge is -2.16. The molecule has 0 aliphatic carbocycles. The molecule has 2 aromatic rings. The van der Waals surface area contributed by atoms with E-state index in [1.165, 1.54) is 0 Å². The number of nitrogens with zero attached hydrogens (tertiary/aromatic N) is 3. The Balaban J connectivity index is 2.33. The Labute approximate surface area is 130 Å². The van der Waals surface area contributed by atoms with Crippen LogP contribution in [0.5, 0.6) is 0 Å². The maximum absolute atomic E-state index is 13.3. The average molecular weight is 360 g/mol. The van der Waals surface area contributed by atoms with E-state index in [0.29, 0.717) is 16.7 Å². The Morgan fingerprint density at radius 3 is 2.48 bits per heavy atom. The molecule has 2 rings (SSSR count). The number of hydrogen-bond acceptors (Lipinski definition) is 3. The molecule has 0 saturated heterocycles. The normalized spacial score (nSPS) is 12.9. The van der Waals surface area contributed by atoms with E-state index in [9.17, 15) is 13.9 Å². The lowest BCUT2D eigenvalue weighted by atomic mass is 10.1. The van der Waals surface area contributed by atoms with Gasteiger partial charge in [-0.25, -0.2) is 8.78 Å². The number of halogens is 3. The molecule has 114 valence electrons. The van der Waals surface area contributed by atoms with Crippen LogP contribution in [0.1, 0.15) is 17.4 Å². The van der Waals surface area contributed by atoms with Crippen molar-refractivity contribution in [1.82, 2.24) is 14.7 Å². The smallest absolute Gasteiger partial charge is 0.126 e. The SMILES string of the molecule is CN(C)CCn1ncc(Br)c1C(O)c1cc(F)cc(F)c1. The molecule has 0 fully saturated rings. The lowest BCUT2D eigenvalue weighted by Crippen LogP contribution is -2.21. The summed E-state index contributed by atoms with van der Waals surface area (Å²) in [6.07, 6.45) is 0.401. The summed E-state index contributed by atoms with van der Waals surface area (Å²) in [4.78, 5) is 1.98. The van der Waals surface area contributed by atoms with Crippen molar-refractivity contribution >= 4 is 15.9 Å². The van der Waals surface area contributed by atoms with Gasteiger partial charge in [-0.15, -0.1) is 0 Å². The predicted octanol–water partition coefficient (Wildman–Crippen LogP) is 2.57. The van der Waals surface area contributed by atoms with E-state index in [2.05, 4.69) is 21.0 Å². The number of benzene rings is 1. The first-order chi connectivity index (χ1) is 9.88. The number of hydrogen-bond donors (Lipinski definition) is 1. The molecular formula is C14H16BrF2N3O. The van der Waals surface area contributed by atoms with Crippen LogP contribution in [0.25, 0.3) is 0 Å². The highest BCUT2D eigenvalue weighted by molar-refractivity contribution is 9.10. The zero-order chi connectivity index (χ0) is 15.6. The van der Waals surface area contributed by atoms with Gasteiger partial charge in [0.15, 0.2) is 0 Å². The fourth-order valence-corrected chi connectivity index (χ4v) is 2.52. The molecule has 0 bridgehead atoms. The fourth-order valence-electron chi connectivity index (χ4n) is 2.01. The van der Waals surface area contributed by atoms with Crippen LogP contribution in [0.4, 0.5) is 8.78 Å². The highest BCUT2D eigenvalue weighted by atomic mass is 79.9. The Hall–Kier alpha value is -1.31. The van der Waals surface area contributed by atoms with Crippen LogP contribution in [-0.2, 0) is 6.54 Å². The van der Waals surface area contributed by atoms with Gasteiger partial charge in [0.25, 0.3) is 0 Å². The molecule has 1 heterocycles. The summed E-state index contributed by atoms with van der Waals surface area (Å²) in [5.74, 6) is -1.45. The van der Waals surface area contributed by atoms with E-state index >= 15 is 0 Å². The first-order valence-electron chi connectivity index (χ1n) is 6.38. The van der Waals surface area contributed by atoms with Crippen molar-refractivity contribution in [3.05, 3.63) is 51.8 Å². The minimum atomic E-state index is -1.16. The van der Waals surface area contributed by atoms with Gasteiger partial charge in [-0.3, -0.25) is 4.68 Å². The van der Waals surface area contributed by atoms with E-state index in [0.717, 1.165) is 24.7 Å². The molecule has 1 unspecified atom stereocenters. The van der Waals surface area contributed by atoms with Gasteiger partial charge in [0, 0.05) is 12.6 Å². The molecule has 0 amide bonds. The zero-order valence-electron chi connectivity index (χ0n) is 11.7. The van der Waals surface area contributed by atoms with E-state index in [1.807, 2.05) is 19.0 Å². The quantitative estimate of drug-likeness (QED) is 0.891. The van der Waals surface area contributed by atoms with Gasteiger partial charge in [0.2, 0.25) is 0 Å². The number of rotatable bonds is 5. The van der Waals surface area contributed by atoms with Crippen molar-refractivity contribution in [3.8, 4) is 0 Å². The van der Waals surface area contributed by atoms with Gasteiger partial charge in [0.05, 0.1) is 22.9 Å². The molecule has 1 aromatic carbocycles. The van der Waals surface area contributed by atoms with Crippen LogP contribution in [0.3, 0.4) is 0 Å². The zero-order valence-corrected chi connectivity index (χ0v) is 13.3. The maximum Gasteiger partial charge on any atom is 0.126 e. The second-order valence-corrected chi connectivity index (χ2v) is 5.86.